The summed E-state index contributed by atoms with van der Waals surface area (Å²) >= 11 is 1.65. The molecule has 0 N–H and O–H groups in total. The van der Waals surface area contributed by atoms with Crippen molar-refractivity contribution in [2.75, 3.05) is 25.5 Å². The maximum absolute atomic E-state index is 11.9. The van der Waals surface area contributed by atoms with E-state index in [1.54, 1.807) is 18.0 Å². The number of ether oxygens (including phenoxy) is 1. The van der Waals surface area contributed by atoms with E-state index in [2.05, 4.69) is 4.98 Å². The molecule has 0 spiro atoms. The van der Waals surface area contributed by atoms with E-state index in [-0.39, 0.29) is 11.3 Å². The molecule has 0 bridgehead atoms. The summed E-state index contributed by atoms with van der Waals surface area (Å²) in [7, 11) is 0. The first-order chi connectivity index (χ1) is 8.83. The van der Waals surface area contributed by atoms with Gasteiger partial charge in [-0.15, -0.1) is 11.8 Å². The standard InChI is InChI=1S/C13H18N2O2S/c1-2-17-9-5-8-15-12(16)10-18-13(15)11-6-3-4-7-14-11/h3-4,6-7,13H,2,5,8-10H2,1H3. The zero-order valence-corrected chi connectivity index (χ0v) is 11.4. The highest BCUT2D eigenvalue weighted by atomic mass is 32.2. The minimum atomic E-state index is 0.0697. The Morgan fingerprint density at radius 2 is 2.44 bits per heavy atom. The number of carbonyl (C=O) groups is 1. The van der Waals surface area contributed by atoms with Gasteiger partial charge in [-0.25, -0.2) is 0 Å². The lowest BCUT2D eigenvalue weighted by Crippen LogP contribution is -2.30. The van der Waals surface area contributed by atoms with Gasteiger partial charge < -0.3 is 9.64 Å². The second kappa shape index (κ2) is 6.75. The number of thioether (sulfide) groups is 1. The molecule has 4 nitrogen and oxygen atoms in total. The van der Waals surface area contributed by atoms with Crippen LogP contribution >= 0.6 is 11.8 Å². The Morgan fingerprint density at radius 1 is 1.56 bits per heavy atom. The molecule has 1 atom stereocenters. The molecule has 18 heavy (non-hydrogen) atoms. The van der Waals surface area contributed by atoms with Gasteiger partial charge in [0, 0.05) is 26.0 Å². The molecular weight excluding hydrogens is 248 g/mol. The molecule has 98 valence electrons. The molecule has 2 rings (SSSR count). The van der Waals surface area contributed by atoms with Gasteiger partial charge in [-0.05, 0) is 25.5 Å². The van der Waals surface area contributed by atoms with Gasteiger partial charge in [-0.1, -0.05) is 6.07 Å². The zero-order valence-electron chi connectivity index (χ0n) is 10.5. The second-order valence-electron chi connectivity index (χ2n) is 4.06. The van der Waals surface area contributed by atoms with Crippen molar-refractivity contribution < 1.29 is 9.53 Å². The van der Waals surface area contributed by atoms with Crippen molar-refractivity contribution in [3.05, 3.63) is 30.1 Å². The summed E-state index contributed by atoms with van der Waals surface area (Å²) in [6.45, 7) is 4.16. The third-order valence-electron chi connectivity index (χ3n) is 2.80. The Morgan fingerprint density at radius 3 is 3.17 bits per heavy atom. The number of carbonyl (C=O) groups excluding carboxylic acids is 1. The largest absolute Gasteiger partial charge is 0.382 e. The van der Waals surface area contributed by atoms with Gasteiger partial charge in [0.2, 0.25) is 5.91 Å². The maximum atomic E-state index is 11.9. The van der Waals surface area contributed by atoms with E-state index in [0.29, 0.717) is 12.4 Å². The molecule has 1 aliphatic heterocycles. The zero-order chi connectivity index (χ0) is 12.8. The van der Waals surface area contributed by atoms with Crippen LogP contribution in [0.2, 0.25) is 0 Å². The number of amides is 1. The smallest absolute Gasteiger partial charge is 0.233 e. The van der Waals surface area contributed by atoms with Gasteiger partial charge in [0.05, 0.1) is 11.4 Å². The number of aromatic nitrogens is 1. The molecular formula is C13H18N2O2S. The summed E-state index contributed by atoms with van der Waals surface area (Å²) in [5.41, 5.74) is 0.963. The van der Waals surface area contributed by atoms with Crippen LogP contribution in [0, 0.1) is 0 Å². The normalized spacial score (nSPS) is 19.5. The quantitative estimate of drug-likeness (QED) is 0.739. The highest BCUT2D eigenvalue weighted by Gasteiger charge is 2.32. The van der Waals surface area contributed by atoms with E-state index in [4.69, 9.17) is 4.74 Å². The third-order valence-corrected chi connectivity index (χ3v) is 4.03. The van der Waals surface area contributed by atoms with Crippen LogP contribution in [0.15, 0.2) is 24.4 Å². The first-order valence-corrected chi connectivity index (χ1v) is 7.27. The predicted molar refractivity (Wildman–Crippen MR) is 72.3 cm³/mol. The minimum absolute atomic E-state index is 0.0697. The lowest BCUT2D eigenvalue weighted by molar-refractivity contribution is -0.128. The van der Waals surface area contributed by atoms with Crippen LogP contribution in [0.5, 0.6) is 0 Å². The molecule has 1 aromatic rings. The third kappa shape index (κ3) is 3.23. The summed E-state index contributed by atoms with van der Waals surface area (Å²) in [5.74, 6) is 0.753. The van der Waals surface area contributed by atoms with Gasteiger partial charge in [-0.2, -0.15) is 0 Å². The van der Waals surface area contributed by atoms with Crippen LogP contribution in [-0.2, 0) is 9.53 Å². The molecule has 5 heteroatoms. The fraction of sp³-hybridized carbons (Fsp3) is 0.538. The van der Waals surface area contributed by atoms with Crippen LogP contribution in [0.25, 0.3) is 0 Å². The number of rotatable bonds is 6. The van der Waals surface area contributed by atoms with Crippen LogP contribution in [0.4, 0.5) is 0 Å². The van der Waals surface area contributed by atoms with Crippen LogP contribution in [0.1, 0.15) is 24.4 Å². The molecule has 2 heterocycles. The monoisotopic (exact) mass is 266 g/mol. The molecule has 1 aliphatic rings. The van der Waals surface area contributed by atoms with Gasteiger partial charge in [0.25, 0.3) is 0 Å². The summed E-state index contributed by atoms with van der Waals surface area (Å²) < 4.78 is 5.31. The van der Waals surface area contributed by atoms with E-state index < -0.39 is 0 Å². The van der Waals surface area contributed by atoms with Gasteiger partial charge in [0.1, 0.15) is 5.37 Å². The Bertz CT molecular complexity index is 386. The molecule has 0 radical (unpaired) electrons. The molecule has 1 fully saturated rings. The van der Waals surface area contributed by atoms with Crippen molar-refractivity contribution in [3.63, 3.8) is 0 Å². The molecule has 0 saturated carbocycles. The fourth-order valence-electron chi connectivity index (χ4n) is 1.94. The Kier molecular flexibility index (Phi) is 5.01. The van der Waals surface area contributed by atoms with Crippen molar-refractivity contribution in [1.82, 2.24) is 9.88 Å². The van der Waals surface area contributed by atoms with Crippen molar-refractivity contribution in [2.45, 2.75) is 18.7 Å². The van der Waals surface area contributed by atoms with Crippen LogP contribution < -0.4 is 0 Å². The summed E-state index contributed by atoms with van der Waals surface area (Å²) in [5, 5.41) is 0.0697. The second-order valence-corrected chi connectivity index (χ2v) is 5.12. The van der Waals surface area contributed by atoms with Gasteiger partial charge in [0.15, 0.2) is 0 Å². The maximum Gasteiger partial charge on any atom is 0.233 e. The van der Waals surface area contributed by atoms with Crippen molar-refractivity contribution in [1.29, 1.82) is 0 Å². The number of hydrogen-bond acceptors (Lipinski definition) is 4. The lowest BCUT2D eigenvalue weighted by Gasteiger charge is -2.23. The van der Waals surface area contributed by atoms with E-state index in [0.717, 1.165) is 25.3 Å². The first kappa shape index (κ1) is 13.4. The molecule has 1 amide bonds. The van der Waals surface area contributed by atoms with Crippen LogP contribution in [-0.4, -0.2) is 41.3 Å². The topological polar surface area (TPSA) is 42.4 Å². The Labute approximate surface area is 112 Å². The van der Waals surface area contributed by atoms with Crippen LogP contribution in [0.3, 0.4) is 0 Å². The molecule has 1 unspecified atom stereocenters. The molecule has 1 saturated heterocycles. The van der Waals surface area contributed by atoms with E-state index in [1.807, 2.05) is 30.0 Å². The van der Waals surface area contributed by atoms with E-state index in [9.17, 15) is 4.79 Å². The lowest BCUT2D eigenvalue weighted by atomic mass is 10.3. The Balaban J connectivity index is 1.95. The van der Waals surface area contributed by atoms with Gasteiger partial charge >= 0.3 is 0 Å². The average molecular weight is 266 g/mol. The number of hydrogen-bond donors (Lipinski definition) is 0. The minimum Gasteiger partial charge on any atom is -0.382 e. The molecule has 0 aromatic carbocycles. The summed E-state index contributed by atoms with van der Waals surface area (Å²) in [4.78, 5) is 18.1. The highest BCUT2D eigenvalue weighted by Crippen LogP contribution is 2.37. The Hall–Kier alpha value is -1.07. The predicted octanol–water partition coefficient (Wildman–Crippen LogP) is 2.08. The highest BCUT2D eigenvalue weighted by molar-refractivity contribution is 8.00. The fourth-order valence-corrected chi connectivity index (χ4v) is 3.12. The summed E-state index contributed by atoms with van der Waals surface area (Å²) in [6, 6.07) is 5.83. The molecule has 1 aromatic heterocycles. The molecule has 0 aliphatic carbocycles. The summed E-state index contributed by atoms with van der Waals surface area (Å²) in [6.07, 6.45) is 2.65. The van der Waals surface area contributed by atoms with E-state index >= 15 is 0 Å². The average Bonchev–Trinajstić information content (AvgIpc) is 2.77. The van der Waals surface area contributed by atoms with E-state index in [1.165, 1.54) is 0 Å². The van der Waals surface area contributed by atoms with Gasteiger partial charge in [-0.3, -0.25) is 9.78 Å². The number of pyridine rings is 1. The van der Waals surface area contributed by atoms with Crippen molar-refractivity contribution in [3.8, 4) is 0 Å². The van der Waals surface area contributed by atoms with Crippen molar-refractivity contribution >= 4 is 17.7 Å². The van der Waals surface area contributed by atoms with Crippen molar-refractivity contribution in [2.24, 2.45) is 0 Å². The SMILES string of the molecule is CCOCCCN1C(=O)CSC1c1ccccn1. The number of nitrogens with zero attached hydrogens (tertiary/aromatic N) is 2. The first-order valence-electron chi connectivity index (χ1n) is 6.22.